The maximum absolute atomic E-state index is 3.44. The summed E-state index contributed by atoms with van der Waals surface area (Å²) in [6, 6.07) is 10.2. The third-order valence-corrected chi connectivity index (χ3v) is 3.38. The fourth-order valence-electron chi connectivity index (χ4n) is 0.551. The van der Waals surface area contributed by atoms with Crippen LogP contribution in [0.25, 0.3) is 0 Å². The molecule has 0 amide bonds. The number of hydrogen-bond donors (Lipinski definition) is 0. The van der Waals surface area contributed by atoms with Gasteiger partial charge in [0.15, 0.2) is 0 Å². The van der Waals surface area contributed by atoms with Crippen LogP contribution in [0, 0.1) is 4.20 Å². The average molecular weight is 353 g/mol. The van der Waals surface area contributed by atoms with Crippen LogP contribution in [0.4, 0.5) is 0 Å². The molecule has 0 aliphatic rings. The molecule has 2 heteroatoms. The van der Waals surface area contributed by atoms with Gasteiger partial charge in [0.1, 0.15) is 0 Å². The SMILES string of the molecule is [Br][W]#[C]c1ccccc1. The van der Waals surface area contributed by atoms with E-state index < -0.39 is 15.8 Å². The van der Waals surface area contributed by atoms with E-state index in [1.165, 1.54) is 5.56 Å². The summed E-state index contributed by atoms with van der Waals surface area (Å²) in [4.78, 5) is 0. The second-order valence-electron chi connectivity index (χ2n) is 1.55. The van der Waals surface area contributed by atoms with Gasteiger partial charge in [0, 0.05) is 0 Å². The molecule has 0 saturated carbocycles. The van der Waals surface area contributed by atoms with Crippen molar-refractivity contribution in [2.24, 2.45) is 0 Å². The quantitative estimate of drug-likeness (QED) is 0.672. The Morgan fingerprint density at radius 2 is 1.89 bits per heavy atom. The van der Waals surface area contributed by atoms with Crippen molar-refractivity contribution in [3.8, 4) is 4.20 Å². The molecule has 0 fully saturated rings. The number of benzene rings is 1. The number of hydrogen-bond acceptors (Lipinski definition) is 0. The van der Waals surface area contributed by atoms with Gasteiger partial charge in [-0.15, -0.1) is 0 Å². The van der Waals surface area contributed by atoms with Crippen LogP contribution in [-0.4, -0.2) is 0 Å². The molecular formula is C7H5BrW. The molecule has 0 bridgehead atoms. The number of rotatable bonds is 0. The minimum atomic E-state index is -0.427. The van der Waals surface area contributed by atoms with Crippen LogP contribution in [0.2, 0.25) is 0 Å². The average Bonchev–Trinajstić information content (AvgIpc) is 1.91. The monoisotopic (exact) mass is 352 g/mol. The normalized spacial score (nSPS) is 8.11. The van der Waals surface area contributed by atoms with Crippen LogP contribution < -0.4 is 0 Å². The Labute approximate surface area is 69.1 Å². The van der Waals surface area contributed by atoms with E-state index in [0.29, 0.717) is 0 Å². The summed E-state index contributed by atoms with van der Waals surface area (Å²) in [5.41, 5.74) is 1.22. The Bertz CT molecular complexity index is 232. The van der Waals surface area contributed by atoms with Gasteiger partial charge in [0.2, 0.25) is 0 Å². The Kier molecular flexibility index (Phi) is 3.28. The van der Waals surface area contributed by atoms with Crippen molar-refractivity contribution in [1.29, 1.82) is 0 Å². The first-order chi connectivity index (χ1) is 4.43. The molecule has 1 aromatic rings. The first-order valence-corrected chi connectivity index (χ1v) is 10.4. The van der Waals surface area contributed by atoms with Gasteiger partial charge >= 0.3 is 69.2 Å². The third kappa shape index (κ3) is 2.49. The van der Waals surface area contributed by atoms with E-state index in [1.807, 2.05) is 18.2 Å². The molecule has 9 heavy (non-hydrogen) atoms. The molecule has 0 saturated heterocycles. The van der Waals surface area contributed by atoms with Crippen molar-refractivity contribution in [2.45, 2.75) is 0 Å². The van der Waals surface area contributed by atoms with Crippen LogP contribution >= 0.6 is 13.3 Å². The Morgan fingerprint density at radius 1 is 1.22 bits per heavy atom. The zero-order chi connectivity index (χ0) is 6.53. The molecule has 0 heterocycles. The van der Waals surface area contributed by atoms with Gasteiger partial charge in [-0.05, 0) is 0 Å². The van der Waals surface area contributed by atoms with Crippen LogP contribution in [0.3, 0.4) is 0 Å². The molecule has 0 aliphatic carbocycles. The molecule has 0 unspecified atom stereocenters. The van der Waals surface area contributed by atoms with E-state index in [-0.39, 0.29) is 0 Å². The molecule has 0 radical (unpaired) electrons. The van der Waals surface area contributed by atoms with Gasteiger partial charge in [-0.2, -0.15) is 0 Å². The van der Waals surface area contributed by atoms with Gasteiger partial charge in [0.25, 0.3) is 0 Å². The van der Waals surface area contributed by atoms with Crippen molar-refractivity contribution >= 4 is 13.3 Å². The molecule has 0 N–H and O–H groups in total. The molecule has 1 aromatic carbocycles. The topological polar surface area (TPSA) is 0 Å². The first kappa shape index (κ1) is 7.28. The zero-order valence-electron chi connectivity index (χ0n) is 4.67. The van der Waals surface area contributed by atoms with E-state index in [1.54, 1.807) is 0 Å². The van der Waals surface area contributed by atoms with E-state index >= 15 is 0 Å². The predicted molar refractivity (Wildman–Crippen MR) is 38.4 cm³/mol. The van der Waals surface area contributed by atoms with Gasteiger partial charge in [-0.1, -0.05) is 0 Å². The van der Waals surface area contributed by atoms with Crippen molar-refractivity contribution in [3.63, 3.8) is 0 Å². The van der Waals surface area contributed by atoms with Crippen LogP contribution in [-0.2, 0) is 15.8 Å². The predicted octanol–water partition coefficient (Wildman–Crippen LogP) is 2.39. The van der Waals surface area contributed by atoms with Crippen molar-refractivity contribution in [3.05, 3.63) is 35.9 Å². The zero-order valence-corrected chi connectivity index (χ0v) is 9.19. The fraction of sp³-hybridized carbons (Fsp3) is 0. The second kappa shape index (κ2) is 4.06. The van der Waals surface area contributed by atoms with Crippen LogP contribution in [0.1, 0.15) is 5.56 Å². The van der Waals surface area contributed by atoms with Gasteiger partial charge in [-0.3, -0.25) is 0 Å². The molecule has 0 aliphatic heterocycles. The van der Waals surface area contributed by atoms with E-state index in [4.69, 9.17) is 0 Å². The van der Waals surface area contributed by atoms with Crippen molar-refractivity contribution in [2.75, 3.05) is 0 Å². The Hall–Kier alpha value is 0.168. The summed E-state index contributed by atoms with van der Waals surface area (Å²) in [6.45, 7) is 0. The van der Waals surface area contributed by atoms with Crippen molar-refractivity contribution in [1.82, 2.24) is 0 Å². The summed E-state index contributed by atoms with van der Waals surface area (Å²) in [5.74, 6) is 0. The minimum absolute atomic E-state index is 0.427. The molecule has 1 rings (SSSR count). The summed E-state index contributed by atoms with van der Waals surface area (Å²) < 4.78 is 3.29. The summed E-state index contributed by atoms with van der Waals surface area (Å²) in [7, 11) is 0. The standard InChI is InChI=1S/C7H5.BrH.W/c1-7-5-3-2-4-6-7;;/h2-6H;1H;/q;;+1/p-1. The van der Waals surface area contributed by atoms with E-state index in [2.05, 4.69) is 29.6 Å². The summed E-state index contributed by atoms with van der Waals surface area (Å²) >= 11 is 3.01. The van der Waals surface area contributed by atoms with Crippen LogP contribution in [0.5, 0.6) is 0 Å². The molecule has 46 valence electrons. The van der Waals surface area contributed by atoms with Gasteiger partial charge in [-0.25, -0.2) is 0 Å². The summed E-state index contributed by atoms with van der Waals surface area (Å²) in [5, 5.41) is 0. The summed E-state index contributed by atoms with van der Waals surface area (Å²) in [6.07, 6.45) is 0. The molecule has 0 spiro atoms. The first-order valence-electron chi connectivity index (χ1n) is 2.52. The molecule has 0 nitrogen and oxygen atoms in total. The molecular weight excluding hydrogens is 348 g/mol. The Balaban J connectivity index is 2.94. The van der Waals surface area contributed by atoms with Gasteiger partial charge in [0.05, 0.1) is 0 Å². The maximum atomic E-state index is 3.44. The van der Waals surface area contributed by atoms with E-state index in [9.17, 15) is 0 Å². The molecule has 0 atom stereocenters. The van der Waals surface area contributed by atoms with Crippen LogP contribution in [0.15, 0.2) is 30.3 Å². The second-order valence-corrected chi connectivity index (χ2v) is 5.48. The third-order valence-electron chi connectivity index (χ3n) is 0.930. The molecule has 0 aromatic heterocycles. The number of halogens is 1. The Morgan fingerprint density at radius 3 is 2.44 bits per heavy atom. The fourth-order valence-corrected chi connectivity index (χ4v) is 2.89. The van der Waals surface area contributed by atoms with Crippen molar-refractivity contribution < 1.29 is 15.8 Å². The van der Waals surface area contributed by atoms with Gasteiger partial charge < -0.3 is 0 Å². The van der Waals surface area contributed by atoms with E-state index in [0.717, 1.165) is 0 Å².